The van der Waals surface area contributed by atoms with E-state index >= 15 is 0 Å². The van der Waals surface area contributed by atoms with Gasteiger partial charge in [0, 0.05) is 11.0 Å². The predicted molar refractivity (Wildman–Crippen MR) is 90.8 cm³/mol. The summed E-state index contributed by atoms with van der Waals surface area (Å²) in [5.41, 5.74) is -1.34. The Balaban J connectivity index is 2.91. The number of carbonyl (C=O) groups is 2. The van der Waals surface area contributed by atoms with Crippen LogP contribution in [0, 0.1) is 16.6 Å². The molecular weight excluding hydrogens is 327 g/mol. The molecule has 5 nitrogen and oxygen atoms in total. The molecular formula is C19H21FO5. The molecule has 2 N–H and O–H groups in total. The molecule has 0 amide bonds. The normalized spacial score (nSPS) is 18.6. The van der Waals surface area contributed by atoms with Crippen molar-refractivity contribution in [3.63, 3.8) is 0 Å². The van der Waals surface area contributed by atoms with Gasteiger partial charge >= 0.3 is 11.9 Å². The fourth-order valence-electron chi connectivity index (χ4n) is 3.04. The van der Waals surface area contributed by atoms with E-state index < -0.39 is 28.6 Å². The molecule has 1 aromatic rings. The van der Waals surface area contributed by atoms with E-state index in [1.165, 1.54) is 19.2 Å². The van der Waals surface area contributed by atoms with Gasteiger partial charge in [0.1, 0.15) is 0 Å². The summed E-state index contributed by atoms with van der Waals surface area (Å²) in [5, 5.41) is 19.5. The van der Waals surface area contributed by atoms with E-state index in [-0.39, 0.29) is 28.0 Å². The first-order valence-electron chi connectivity index (χ1n) is 7.72. The number of ether oxygens (including phenoxy) is 1. The number of benzene rings is 1. The topological polar surface area (TPSA) is 83.8 Å². The molecule has 0 aliphatic heterocycles. The first-order chi connectivity index (χ1) is 11.4. The summed E-state index contributed by atoms with van der Waals surface area (Å²) in [5.74, 6) is -3.13. The third-order valence-electron chi connectivity index (χ3n) is 5.14. The molecule has 0 saturated carbocycles. The standard InChI is InChI=1S/C19H21FO5/c1-18(2)9-11(16(21)22)14(15(17(23)24)19(18,3)4)10-6-7-12(20)13(8-10)25-5/h6-9H,1-5H3,(H,21,22)(H,23,24). The monoisotopic (exact) mass is 348 g/mol. The highest BCUT2D eigenvalue weighted by molar-refractivity contribution is 6.13. The number of hydrogen-bond donors (Lipinski definition) is 2. The number of carboxylic acid groups (broad SMARTS) is 2. The van der Waals surface area contributed by atoms with Crippen LogP contribution in [0.2, 0.25) is 0 Å². The van der Waals surface area contributed by atoms with E-state index in [4.69, 9.17) is 4.74 Å². The first kappa shape index (κ1) is 18.7. The lowest BCUT2D eigenvalue weighted by atomic mass is 9.58. The summed E-state index contributed by atoms with van der Waals surface area (Å²) in [6, 6.07) is 3.81. The highest BCUT2D eigenvalue weighted by Crippen LogP contribution is 2.53. The summed E-state index contributed by atoms with van der Waals surface area (Å²) in [6.45, 7) is 7.10. The summed E-state index contributed by atoms with van der Waals surface area (Å²) >= 11 is 0. The van der Waals surface area contributed by atoms with Gasteiger partial charge in [-0.05, 0) is 23.1 Å². The van der Waals surface area contributed by atoms with Crippen LogP contribution in [-0.2, 0) is 9.59 Å². The molecule has 1 aliphatic rings. The van der Waals surface area contributed by atoms with E-state index in [9.17, 15) is 24.2 Å². The molecule has 0 heterocycles. The molecule has 134 valence electrons. The number of hydrogen-bond acceptors (Lipinski definition) is 3. The van der Waals surface area contributed by atoms with E-state index in [0.29, 0.717) is 0 Å². The lowest BCUT2D eigenvalue weighted by Crippen LogP contribution is -2.40. The zero-order valence-electron chi connectivity index (χ0n) is 14.8. The van der Waals surface area contributed by atoms with Crippen molar-refractivity contribution in [2.24, 2.45) is 10.8 Å². The minimum atomic E-state index is -1.24. The number of carboxylic acids is 2. The number of aliphatic carboxylic acids is 2. The van der Waals surface area contributed by atoms with Gasteiger partial charge in [0.15, 0.2) is 11.6 Å². The van der Waals surface area contributed by atoms with Crippen LogP contribution in [0.15, 0.2) is 35.4 Å². The zero-order valence-corrected chi connectivity index (χ0v) is 14.8. The van der Waals surface area contributed by atoms with Crippen LogP contribution >= 0.6 is 0 Å². The predicted octanol–water partition coefficient (Wildman–Crippen LogP) is 3.75. The van der Waals surface area contributed by atoms with Crippen LogP contribution in [0.3, 0.4) is 0 Å². The minimum absolute atomic E-state index is 0.0222. The van der Waals surface area contributed by atoms with Crippen molar-refractivity contribution in [2.75, 3.05) is 7.11 Å². The number of halogens is 1. The number of allylic oxidation sites excluding steroid dienone is 1. The largest absolute Gasteiger partial charge is 0.494 e. The molecule has 0 bridgehead atoms. The highest BCUT2D eigenvalue weighted by atomic mass is 19.1. The lowest BCUT2D eigenvalue weighted by molar-refractivity contribution is -0.134. The van der Waals surface area contributed by atoms with Gasteiger partial charge in [-0.1, -0.05) is 39.8 Å². The Bertz CT molecular complexity index is 815. The quantitative estimate of drug-likeness (QED) is 0.866. The van der Waals surface area contributed by atoms with Crippen molar-refractivity contribution in [3.8, 4) is 5.75 Å². The average Bonchev–Trinajstić information content (AvgIpc) is 2.49. The molecule has 0 atom stereocenters. The molecule has 0 spiro atoms. The molecule has 2 rings (SSSR count). The molecule has 1 aromatic carbocycles. The minimum Gasteiger partial charge on any atom is -0.494 e. The van der Waals surface area contributed by atoms with Gasteiger partial charge in [-0.25, -0.2) is 14.0 Å². The van der Waals surface area contributed by atoms with Crippen molar-refractivity contribution in [2.45, 2.75) is 27.7 Å². The average molecular weight is 348 g/mol. The van der Waals surface area contributed by atoms with Gasteiger partial charge in [0.05, 0.1) is 18.3 Å². The van der Waals surface area contributed by atoms with Gasteiger partial charge in [0.2, 0.25) is 0 Å². The van der Waals surface area contributed by atoms with Gasteiger partial charge in [-0.3, -0.25) is 0 Å². The first-order valence-corrected chi connectivity index (χ1v) is 7.72. The van der Waals surface area contributed by atoms with Crippen molar-refractivity contribution >= 4 is 17.5 Å². The second-order valence-electron chi connectivity index (χ2n) is 7.11. The summed E-state index contributed by atoms with van der Waals surface area (Å²) < 4.78 is 18.7. The summed E-state index contributed by atoms with van der Waals surface area (Å²) in [7, 11) is 1.29. The van der Waals surface area contributed by atoms with Crippen LogP contribution in [0.25, 0.3) is 5.57 Å². The zero-order chi connectivity index (χ0) is 19.2. The molecule has 6 heteroatoms. The summed E-state index contributed by atoms with van der Waals surface area (Å²) in [4.78, 5) is 23.9. The van der Waals surface area contributed by atoms with Crippen molar-refractivity contribution in [1.29, 1.82) is 0 Å². The Kier molecular flexibility index (Phi) is 4.51. The van der Waals surface area contributed by atoms with E-state index in [1.807, 2.05) is 0 Å². The summed E-state index contributed by atoms with van der Waals surface area (Å²) in [6.07, 6.45) is 1.56. The van der Waals surface area contributed by atoms with Crippen LogP contribution in [0.4, 0.5) is 4.39 Å². The van der Waals surface area contributed by atoms with Gasteiger partial charge in [-0.2, -0.15) is 0 Å². The Labute approximate surface area is 145 Å². The maximum Gasteiger partial charge on any atom is 0.336 e. The van der Waals surface area contributed by atoms with Gasteiger partial charge in [0.25, 0.3) is 0 Å². The van der Waals surface area contributed by atoms with E-state index in [2.05, 4.69) is 0 Å². The van der Waals surface area contributed by atoms with E-state index in [0.717, 1.165) is 6.07 Å². The molecule has 0 aromatic heterocycles. The number of methoxy groups -OCH3 is 1. The Morgan fingerprint density at radius 1 is 1.08 bits per heavy atom. The van der Waals surface area contributed by atoms with Crippen LogP contribution in [0.1, 0.15) is 33.3 Å². The van der Waals surface area contributed by atoms with Crippen molar-refractivity contribution in [1.82, 2.24) is 0 Å². The molecule has 0 fully saturated rings. The highest BCUT2D eigenvalue weighted by Gasteiger charge is 2.48. The Morgan fingerprint density at radius 3 is 2.16 bits per heavy atom. The second-order valence-corrected chi connectivity index (χ2v) is 7.11. The lowest BCUT2D eigenvalue weighted by Gasteiger charge is -2.44. The SMILES string of the molecule is COc1cc(C2=C(C(=O)O)C(C)(C)C(C)(C)C=C2C(=O)O)ccc1F. The smallest absolute Gasteiger partial charge is 0.336 e. The fourth-order valence-corrected chi connectivity index (χ4v) is 3.04. The van der Waals surface area contributed by atoms with Crippen molar-refractivity contribution < 1.29 is 28.9 Å². The fraction of sp³-hybridized carbons (Fsp3) is 0.368. The second kappa shape index (κ2) is 6.02. The molecule has 0 unspecified atom stereocenters. The van der Waals surface area contributed by atoms with Crippen LogP contribution in [-0.4, -0.2) is 29.3 Å². The third kappa shape index (κ3) is 2.92. The van der Waals surface area contributed by atoms with Gasteiger partial charge < -0.3 is 14.9 Å². The Hall–Kier alpha value is -2.63. The number of rotatable bonds is 4. The third-order valence-corrected chi connectivity index (χ3v) is 5.14. The van der Waals surface area contributed by atoms with Crippen LogP contribution < -0.4 is 4.74 Å². The maximum atomic E-state index is 13.7. The van der Waals surface area contributed by atoms with Gasteiger partial charge in [-0.15, -0.1) is 0 Å². The van der Waals surface area contributed by atoms with Crippen molar-refractivity contribution in [3.05, 3.63) is 46.8 Å². The van der Waals surface area contributed by atoms with E-state index in [1.54, 1.807) is 33.8 Å². The maximum absolute atomic E-state index is 13.7. The Morgan fingerprint density at radius 2 is 1.68 bits per heavy atom. The molecule has 25 heavy (non-hydrogen) atoms. The molecule has 0 saturated heterocycles. The molecule has 0 radical (unpaired) electrons. The molecule has 1 aliphatic carbocycles. The van der Waals surface area contributed by atoms with Crippen LogP contribution in [0.5, 0.6) is 5.75 Å².